The van der Waals surface area contributed by atoms with E-state index in [0.29, 0.717) is 5.02 Å². The van der Waals surface area contributed by atoms with E-state index >= 15 is 0 Å². The average Bonchev–Trinajstić information content (AvgIpc) is 2.50. The Hall–Kier alpha value is -2.44. The monoisotopic (exact) mass is 279 g/mol. The largest absolute Gasteiger partial charge is 0.197 e. The van der Waals surface area contributed by atoms with Gasteiger partial charge in [-0.05, 0) is 17.7 Å². The quantitative estimate of drug-likeness (QED) is 0.714. The van der Waals surface area contributed by atoms with E-state index in [2.05, 4.69) is 16.3 Å². The number of nitrogens with zero attached hydrogens (tertiary/aromatic N) is 3. The maximum atomic E-state index is 9.56. The zero-order valence-corrected chi connectivity index (χ0v) is 11.2. The van der Waals surface area contributed by atoms with Gasteiger partial charge >= 0.3 is 0 Å². The van der Waals surface area contributed by atoms with Crippen LogP contribution >= 0.6 is 11.6 Å². The number of halogens is 1. The number of nitriles is 1. The Morgan fingerprint density at radius 2 is 1.75 bits per heavy atom. The zero-order valence-electron chi connectivity index (χ0n) is 10.5. The Labute approximate surface area is 121 Å². The smallest absolute Gasteiger partial charge is 0.0999 e. The normalized spacial score (nSPS) is 12.0. The fraction of sp³-hybridized carbons (Fsp3) is 0.0625. The molecule has 0 fully saturated rings. The summed E-state index contributed by atoms with van der Waals surface area (Å²) in [5.74, 6) is -0.455. The third-order valence-corrected chi connectivity index (χ3v) is 3.58. The van der Waals surface area contributed by atoms with Gasteiger partial charge in [0.2, 0.25) is 0 Å². The number of fused-ring (bicyclic) bond motifs is 1. The van der Waals surface area contributed by atoms with Crippen LogP contribution in [0.25, 0.3) is 10.9 Å². The van der Waals surface area contributed by atoms with Crippen molar-refractivity contribution in [1.29, 1.82) is 5.26 Å². The molecule has 0 spiro atoms. The van der Waals surface area contributed by atoms with Crippen LogP contribution in [0.5, 0.6) is 0 Å². The van der Waals surface area contributed by atoms with Crippen LogP contribution in [0.2, 0.25) is 5.02 Å². The summed E-state index contributed by atoms with van der Waals surface area (Å²) in [6.45, 7) is 0. The molecule has 3 nitrogen and oxygen atoms in total. The molecule has 1 atom stereocenters. The van der Waals surface area contributed by atoms with Crippen molar-refractivity contribution in [1.82, 2.24) is 10.2 Å². The van der Waals surface area contributed by atoms with Gasteiger partial charge in [-0.3, -0.25) is 0 Å². The molecule has 20 heavy (non-hydrogen) atoms. The van der Waals surface area contributed by atoms with Gasteiger partial charge in [0.05, 0.1) is 23.7 Å². The van der Waals surface area contributed by atoms with E-state index in [1.54, 1.807) is 12.3 Å². The maximum Gasteiger partial charge on any atom is 0.0999 e. The Morgan fingerprint density at radius 3 is 2.55 bits per heavy atom. The fourth-order valence-electron chi connectivity index (χ4n) is 2.27. The first-order valence-electron chi connectivity index (χ1n) is 6.15. The van der Waals surface area contributed by atoms with Gasteiger partial charge in [0.15, 0.2) is 0 Å². The van der Waals surface area contributed by atoms with Crippen molar-refractivity contribution in [2.45, 2.75) is 5.92 Å². The first kappa shape index (κ1) is 12.6. The first-order chi connectivity index (χ1) is 9.81. The molecule has 0 aliphatic rings. The minimum absolute atomic E-state index is 0.455. The number of rotatable bonds is 2. The van der Waals surface area contributed by atoms with Crippen LogP contribution in [0.3, 0.4) is 0 Å². The van der Waals surface area contributed by atoms with Crippen LogP contribution in [-0.2, 0) is 0 Å². The molecule has 0 unspecified atom stereocenters. The highest BCUT2D eigenvalue weighted by atomic mass is 35.5. The molecule has 0 saturated carbocycles. The van der Waals surface area contributed by atoms with E-state index in [9.17, 15) is 5.26 Å². The van der Waals surface area contributed by atoms with E-state index in [0.717, 1.165) is 22.0 Å². The fourth-order valence-corrected chi connectivity index (χ4v) is 2.52. The Kier molecular flexibility index (Phi) is 3.32. The van der Waals surface area contributed by atoms with Crippen LogP contribution in [-0.4, -0.2) is 10.2 Å². The van der Waals surface area contributed by atoms with Gasteiger partial charge in [0.25, 0.3) is 0 Å². The van der Waals surface area contributed by atoms with Crippen molar-refractivity contribution >= 4 is 22.5 Å². The van der Waals surface area contributed by atoms with Crippen molar-refractivity contribution in [3.63, 3.8) is 0 Å². The first-order valence-corrected chi connectivity index (χ1v) is 6.53. The van der Waals surface area contributed by atoms with E-state index < -0.39 is 5.92 Å². The minimum atomic E-state index is -0.455. The molecule has 1 heterocycles. The van der Waals surface area contributed by atoms with Crippen molar-refractivity contribution in [2.24, 2.45) is 0 Å². The average molecular weight is 280 g/mol. The van der Waals surface area contributed by atoms with Crippen molar-refractivity contribution in [3.05, 3.63) is 70.9 Å². The highest BCUT2D eigenvalue weighted by Crippen LogP contribution is 2.32. The Morgan fingerprint density at radius 1 is 1.00 bits per heavy atom. The predicted octanol–water partition coefficient (Wildman–Crippen LogP) is 3.94. The molecular formula is C16H10ClN3. The lowest BCUT2D eigenvalue weighted by atomic mass is 9.91. The molecule has 0 aliphatic carbocycles. The van der Waals surface area contributed by atoms with Gasteiger partial charge in [-0.25, -0.2) is 0 Å². The SMILES string of the molecule is N#C[C@H](c1ccccc1Cl)c1cnnc2ccccc12. The molecule has 0 bridgehead atoms. The molecule has 3 aromatic rings. The van der Waals surface area contributed by atoms with Gasteiger partial charge < -0.3 is 0 Å². The molecule has 0 radical (unpaired) electrons. The summed E-state index contributed by atoms with van der Waals surface area (Å²) in [5.41, 5.74) is 2.39. The Balaban J connectivity index is 2.23. The maximum absolute atomic E-state index is 9.56. The van der Waals surface area contributed by atoms with Crippen molar-refractivity contribution in [2.75, 3.05) is 0 Å². The highest BCUT2D eigenvalue weighted by Gasteiger charge is 2.19. The van der Waals surface area contributed by atoms with Crippen LogP contribution < -0.4 is 0 Å². The van der Waals surface area contributed by atoms with Crippen LogP contribution in [0.15, 0.2) is 54.7 Å². The van der Waals surface area contributed by atoms with E-state index in [4.69, 9.17) is 11.6 Å². The second-order valence-corrected chi connectivity index (χ2v) is 4.81. The lowest BCUT2D eigenvalue weighted by molar-refractivity contribution is 0.988. The lowest BCUT2D eigenvalue weighted by Gasteiger charge is -2.13. The van der Waals surface area contributed by atoms with E-state index in [-0.39, 0.29) is 0 Å². The predicted molar refractivity (Wildman–Crippen MR) is 78.4 cm³/mol. The van der Waals surface area contributed by atoms with Crippen molar-refractivity contribution < 1.29 is 0 Å². The third kappa shape index (κ3) is 2.11. The molecule has 3 rings (SSSR count). The molecule has 2 aromatic carbocycles. The summed E-state index contributed by atoms with van der Waals surface area (Å²) in [7, 11) is 0. The summed E-state index contributed by atoms with van der Waals surface area (Å²) >= 11 is 6.21. The number of hydrogen-bond acceptors (Lipinski definition) is 3. The van der Waals surface area contributed by atoms with Crippen LogP contribution in [0, 0.1) is 11.3 Å². The number of hydrogen-bond donors (Lipinski definition) is 0. The van der Waals surface area contributed by atoms with Gasteiger partial charge in [0.1, 0.15) is 0 Å². The topological polar surface area (TPSA) is 49.6 Å². The molecule has 0 aliphatic heterocycles. The van der Waals surface area contributed by atoms with Gasteiger partial charge in [-0.1, -0.05) is 48.0 Å². The number of benzene rings is 2. The second-order valence-electron chi connectivity index (χ2n) is 4.40. The molecular weight excluding hydrogens is 270 g/mol. The summed E-state index contributed by atoms with van der Waals surface area (Å²) in [5, 5.41) is 19.1. The van der Waals surface area contributed by atoms with Crippen LogP contribution in [0.4, 0.5) is 0 Å². The summed E-state index contributed by atoms with van der Waals surface area (Å²) in [4.78, 5) is 0. The van der Waals surface area contributed by atoms with Crippen LogP contribution in [0.1, 0.15) is 17.0 Å². The zero-order chi connectivity index (χ0) is 13.9. The molecule has 0 N–H and O–H groups in total. The van der Waals surface area contributed by atoms with Gasteiger partial charge in [-0.15, -0.1) is 0 Å². The lowest BCUT2D eigenvalue weighted by Crippen LogP contribution is -2.02. The highest BCUT2D eigenvalue weighted by molar-refractivity contribution is 6.31. The van der Waals surface area contributed by atoms with Crippen molar-refractivity contribution in [3.8, 4) is 6.07 Å². The van der Waals surface area contributed by atoms with E-state index in [1.165, 1.54) is 0 Å². The Bertz CT molecular complexity index is 803. The molecule has 0 saturated heterocycles. The summed E-state index contributed by atoms with van der Waals surface area (Å²) in [6.07, 6.45) is 1.64. The molecule has 1 aromatic heterocycles. The molecule has 4 heteroatoms. The molecule has 0 amide bonds. The standard InChI is InChI=1S/C16H10ClN3/c17-15-7-3-1-5-11(15)13(9-18)14-10-19-20-16-8-4-2-6-12(14)16/h1-8,10,13H/t13-/m1/s1. The van der Waals surface area contributed by atoms with Gasteiger partial charge in [0, 0.05) is 16.0 Å². The third-order valence-electron chi connectivity index (χ3n) is 3.23. The minimum Gasteiger partial charge on any atom is -0.197 e. The summed E-state index contributed by atoms with van der Waals surface area (Å²) < 4.78 is 0. The number of aromatic nitrogens is 2. The summed E-state index contributed by atoms with van der Waals surface area (Å²) in [6, 6.07) is 17.4. The van der Waals surface area contributed by atoms with Gasteiger partial charge in [-0.2, -0.15) is 15.5 Å². The second kappa shape index (κ2) is 5.28. The van der Waals surface area contributed by atoms with E-state index in [1.807, 2.05) is 42.5 Å². The molecule has 96 valence electrons.